The van der Waals surface area contributed by atoms with E-state index in [1.165, 1.54) is 11.1 Å². The second-order valence-corrected chi connectivity index (χ2v) is 7.20. The van der Waals surface area contributed by atoms with Crippen molar-refractivity contribution in [1.29, 1.82) is 0 Å². The molecule has 0 saturated heterocycles. The van der Waals surface area contributed by atoms with Crippen molar-refractivity contribution in [1.82, 2.24) is 0 Å². The molecule has 0 saturated carbocycles. The summed E-state index contributed by atoms with van der Waals surface area (Å²) in [6.45, 7) is 0. The largest absolute Gasteiger partial charge is 0.455 e. The molecule has 0 amide bonds. The number of hydrogen-bond acceptors (Lipinski definition) is 2. The molecule has 1 N–H and O–H groups in total. The van der Waals surface area contributed by atoms with Crippen LogP contribution in [0.5, 0.6) is 11.5 Å². The van der Waals surface area contributed by atoms with E-state index in [1.807, 2.05) is 42.5 Å². The SMILES string of the molecule is Clc1ccccc1Nc1cccc2c1Oc1ccccc1C1C=CC=CC21. The molecular formula is C24H18ClNO. The molecule has 1 aliphatic carbocycles. The van der Waals surface area contributed by atoms with Crippen molar-refractivity contribution in [3.05, 3.63) is 107 Å². The van der Waals surface area contributed by atoms with Gasteiger partial charge >= 0.3 is 0 Å². The lowest BCUT2D eigenvalue weighted by molar-refractivity contribution is 0.481. The third-order valence-electron chi connectivity index (χ3n) is 5.17. The Morgan fingerprint density at radius 1 is 0.704 bits per heavy atom. The van der Waals surface area contributed by atoms with Crippen LogP contribution in [0, 0.1) is 0 Å². The first kappa shape index (κ1) is 16.2. The summed E-state index contributed by atoms with van der Waals surface area (Å²) in [5.41, 5.74) is 4.17. The predicted molar refractivity (Wildman–Crippen MR) is 111 cm³/mol. The second kappa shape index (κ2) is 6.64. The molecule has 132 valence electrons. The minimum absolute atomic E-state index is 0.238. The second-order valence-electron chi connectivity index (χ2n) is 6.79. The number of nitrogens with one attached hydrogen (secondary N) is 1. The molecule has 0 fully saturated rings. The van der Waals surface area contributed by atoms with Crippen LogP contribution in [0.3, 0.4) is 0 Å². The third-order valence-corrected chi connectivity index (χ3v) is 5.50. The summed E-state index contributed by atoms with van der Waals surface area (Å²) >= 11 is 6.36. The Morgan fingerprint density at radius 2 is 1.37 bits per heavy atom. The topological polar surface area (TPSA) is 21.3 Å². The fourth-order valence-corrected chi connectivity index (χ4v) is 4.08. The quantitative estimate of drug-likeness (QED) is 0.515. The molecule has 0 radical (unpaired) electrons. The number of anilines is 2. The van der Waals surface area contributed by atoms with E-state index in [4.69, 9.17) is 16.3 Å². The lowest BCUT2D eigenvalue weighted by atomic mass is 9.79. The van der Waals surface area contributed by atoms with Gasteiger partial charge in [0.1, 0.15) is 5.75 Å². The summed E-state index contributed by atoms with van der Waals surface area (Å²) in [4.78, 5) is 0. The highest BCUT2D eigenvalue weighted by molar-refractivity contribution is 6.33. The summed E-state index contributed by atoms with van der Waals surface area (Å²) < 4.78 is 6.46. The van der Waals surface area contributed by atoms with Crippen molar-refractivity contribution < 1.29 is 4.74 Å². The van der Waals surface area contributed by atoms with Gasteiger partial charge in [-0.05, 0) is 24.3 Å². The van der Waals surface area contributed by atoms with Crippen LogP contribution in [0.2, 0.25) is 5.02 Å². The van der Waals surface area contributed by atoms with Crippen LogP contribution >= 0.6 is 11.6 Å². The first-order chi connectivity index (χ1) is 13.3. The molecule has 1 aliphatic heterocycles. The third kappa shape index (κ3) is 2.83. The van der Waals surface area contributed by atoms with Gasteiger partial charge < -0.3 is 10.1 Å². The molecule has 2 atom stereocenters. The Balaban J connectivity index is 1.67. The predicted octanol–water partition coefficient (Wildman–Crippen LogP) is 7.18. The van der Waals surface area contributed by atoms with E-state index < -0.39 is 0 Å². The van der Waals surface area contributed by atoms with E-state index in [1.54, 1.807) is 0 Å². The maximum absolute atomic E-state index is 6.46. The number of halogens is 1. The number of ether oxygens (including phenoxy) is 1. The van der Waals surface area contributed by atoms with Gasteiger partial charge in [-0.2, -0.15) is 0 Å². The van der Waals surface area contributed by atoms with Crippen molar-refractivity contribution in [2.75, 3.05) is 5.32 Å². The first-order valence-electron chi connectivity index (χ1n) is 9.07. The number of fused-ring (bicyclic) bond motifs is 5. The molecule has 3 aromatic rings. The lowest BCUT2D eigenvalue weighted by Gasteiger charge is -2.23. The number of hydrogen-bond donors (Lipinski definition) is 1. The average molecular weight is 372 g/mol. The number of benzene rings is 3. The molecule has 3 aromatic carbocycles. The zero-order valence-corrected chi connectivity index (χ0v) is 15.4. The summed E-state index contributed by atoms with van der Waals surface area (Å²) in [5, 5.41) is 4.14. The van der Waals surface area contributed by atoms with Crippen molar-refractivity contribution in [2.24, 2.45) is 0 Å². The number of allylic oxidation sites excluding steroid dienone is 4. The summed E-state index contributed by atoms with van der Waals surface area (Å²) in [5.74, 6) is 2.27. The highest BCUT2D eigenvalue weighted by Gasteiger charge is 2.31. The Kier molecular flexibility index (Phi) is 3.99. The van der Waals surface area contributed by atoms with Crippen LogP contribution in [0.1, 0.15) is 23.0 Å². The fraction of sp³-hybridized carbons (Fsp3) is 0.0833. The van der Waals surface area contributed by atoms with E-state index in [0.717, 1.165) is 22.9 Å². The molecule has 27 heavy (non-hydrogen) atoms. The molecule has 0 aromatic heterocycles. The molecular weight excluding hydrogens is 354 g/mol. The van der Waals surface area contributed by atoms with E-state index >= 15 is 0 Å². The Hall–Kier alpha value is -2.97. The van der Waals surface area contributed by atoms with E-state index in [9.17, 15) is 0 Å². The zero-order chi connectivity index (χ0) is 18.2. The summed E-state index contributed by atoms with van der Waals surface area (Å²) in [7, 11) is 0. The first-order valence-corrected chi connectivity index (χ1v) is 9.45. The molecule has 1 heterocycles. The maximum Gasteiger partial charge on any atom is 0.154 e. The zero-order valence-electron chi connectivity index (χ0n) is 14.6. The highest BCUT2D eigenvalue weighted by Crippen LogP contribution is 2.51. The van der Waals surface area contributed by atoms with Gasteiger partial charge in [0, 0.05) is 23.0 Å². The van der Waals surface area contributed by atoms with Crippen LogP contribution in [-0.2, 0) is 0 Å². The minimum Gasteiger partial charge on any atom is -0.455 e. The number of para-hydroxylation sites is 3. The van der Waals surface area contributed by atoms with Crippen molar-refractivity contribution >= 4 is 23.0 Å². The monoisotopic (exact) mass is 371 g/mol. The van der Waals surface area contributed by atoms with Crippen LogP contribution < -0.4 is 10.1 Å². The van der Waals surface area contributed by atoms with Gasteiger partial charge in [0.25, 0.3) is 0 Å². The standard InChI is InChI=1S/C24H18ClNO/c25-20-12-4-5-13-21(20)26-22-14-7-11-19-17-9-2-1-8-16(17)18-10-3-6-15-23(18)27-24(19)22/h1-17,26H. The molecule has 0 spiro atoms. The molecule has 2 nitrogen and oxygen atoms in total. The highest BCUT2D eigenvalue weighted by atomic mass is 35.5. The van der Waals surface area contributed by atoms with Gasteiger partial charge in [-0.1, -0.05) is 78.4 Å². The average Bonchev–Trinajstić information content (AvgIpc) is 2.85. The molecule has 2 aliphatic rings. The Labute approximate surface area is 163 Å². The Bertz CT molecular complexity index is 1070. The smallest absolute Gasteiger partial charge is 0.154 e. The molecule has 0 bridgehead atoms. The van der Waals surface area contributed by atoms with Gasteiger partial charge in [-0.25, -0.2) is 0 Å². The van der Waals surface area contributed by atoms with Crippen LogP contribution in [0.4, 0.5) is 11.4 Å². The van der Waals surface area contributed by atoms with Crippen LogP contribution in [0.25, 0.3) is 0 Å². The minimum atomic E-state index is 0.238. The van der Waals surface area contributed by atoms with Gasteiger partial charge in [0.15, 0.2) is 5.75 Å². The van der Waals surface area contributed by atoms with Crippen molar-refractivity contribution in [3.63, 3.8) is 0 Å². The van der Waals surface area contributed by atoms with Crippen LogP contribution in [-0.4, -0.2) is 0 Å². The summed E-state index contributed by atoms with van der Waals surface area (Å²) in [6.07, 6.45) is 8.76. The van der Waals surface area contributed by atoms with E-state index in [2.05, 4.69) is 53.9 Å². The number of rotatable bonds is 2. The van der Waals surface area contributed by atoms with Crippen molar-refractivity contribution in [3.8, 4) is 11.5 Å². The van der Waals surface area contributed by atoms with Gasteiger partial charge in [-0.15, -0.1) is 0 Å². The molecule has 3 heteroatoms. The molecule has 5 rings (SSSR count). The van der Waals surface area contributed by atoms with Gasteiger partial charge in [0.2, 0.25) is 0 Å². The van der Waals surface area contributed by atoms with Gasteiger partial charge in [0.05, 0.1) is 16.4 Å². The fourth-order valence-electron chi connectivity index (χ4n) is 3.90. The van der Waals surface area contributed by atoms with Gasteiger partial charge in [-0.3, -0.25) is 0 Å². The van der Waals surface area contributed by atoms with E-state index in [0.29, 0.717) is 5.02 Å². The normalized spacial score (nSPS) is 19.3. The molecule has 2 unspecified atom stereocenters. The van der Waals surface area contributed by atoms with Crippen molar-refractivity contribution in [2.45, 2.75) is 11.8 Å². The maximum atomic E-state index is 6.46. The van der Waals surface area contributed by atoms with Crippen LogP contribution in [0.15, 0.2) is 91.0 Å². The Morgan fingerprint density at radius 3 is 2.22 bits per heavy atom. The van der Waals surface area contributed by atoms with E-state index in [-0.39, 0.29) is 11.8 Å². The summed E-state index contributed by atoms with van der Waals surface area (Å²) in [6, 6.07) is 22.3. The lowest BCUT2D eigenvalue weighted by Crippen LogP contribution is -2.08.